The first-order valence-electron chi connectivity index (χ1n) is 5.37. The molecule has 4 heteroatoms. The Bertz CT molecular complexity index is 355. The number of aryl methyl sites for hydroxylation is 1. The van der Waals surface area contributed by atoms with E-state index in [2.05, 4.69) is 52.1 Å². The summed E-state index contributed by atoms with van der Waals surface area (Å²) in [5.74, 6) is 0. The normalized spacial score (nSPS) is 9.94. The molecule has 1 N–H and O–H groups in total. The average molecular weight is 285 g/mol. The third kappa shape index (κ3) is 3.52. The average Bonchev–Trinajstić information content (AvgIpc) is 2.28. The monoisotopic (exact) mass is 284 g/mol. The molecule has 0 aliphatic rings. The fourth-order valence-corrected chi connectivity index (χ4v) is 1.98. The van der Waals surface area contributed by atoms with E-state index in [1.54, 1.807) is 0 Å². The summed E-state index contributed by atoms with van der Waals surface area (Å²) < 4.78 is 1.08. The Labute approximate surface area is 105 Å². The molecule has 0 saturated heterocycles. The number of halogens is 1. The summed E-state index contributed by atoms with van der Waals surface area (Å²) in [6, 6.07) is 6.24. The second-order valence-electron chi connectivity index (χ2n) is 3.58. The van der Waals surface area contributed by atoms with Crippen molar-refractivity contribution in [3.05, 3.63) is 28.2 Å². The van der Waals surface area contributed by atoms with Gasteiger partial charge in [0.15, 0.2) is 0 Å². The lowest BCUT2D eigenvalue weighted by Gasteiger charge is -2.25. The van der Waals surface area contributed by atoms with Crippen LogP contribution in [0, 0.1) is 6.92 Å². The van der Waals surface area contributed by atoms with Crippen molar-refractivity contribution >= 4 is 28.0 Å². The van der Waals surface area contributed by atoms with Gasteiger partial charge in [0.05, 0.1) is 0 Å². The minimum atomic E-state index is 0.670. The molecule has 0 fully saturated rings. The standard InChI is InChI=1S/C12H17BrN2O/c1-3-15(7-6-14-9-16)12-8-11(13)5-4-10(12)2/h4-5,8-9H,3,6-7H2,1-2H3,(H,14,16). The van der Waals surface area contributed by atoms with E-state index in [4.69, 9.17) is 0 Å². The molecule has 16 heavy (non-hydrogen) atoms. The first-order valence-corrected chi connectivity index (χ1v) is 6.16. The number of carbonyl (C=O) groups excluding carboxylic acids is 1. The quantitative estimate of drug-likeness (QED) is 0.642. The fourth-order valence-electron chi connectivity index (χ4n) is 1.63. The van der Waals surface area contributed by atoms with Crippen LogP contribution in [-0.4, -0.2) is 26.0 Å². The van der Waals surface area contributed by atoms with Gasteiger partial charge in [-0.2, -0.15) is 0 Å². The van der Waals surface area contributed by atoms with Crippen LogP contribution in [-0.2, 0) is 4.79 Å². The van der Waals surface area contributed by atoms with Crippen LogP contribution in [0.4, 0.5) is 5.69 Å². The molecule has 0 heterocycles. The molecule has 0 radical (unpaired) electrons. The van der Waals surface area contributed by atoms with E-state index in [-0.39, 0.29) is 0 Å². The Kier molecular flexibility index (Phi) is 5.32. The largest absolute Gasteiger partial charge is 0.370 e. The van der Waals surface area contributed by atoms with E-state index in [0.717, 1.165) is 24.0 Å². The van der Waals surface area contributed by atoms with Crippen molar-refractivity contribution in [1.82, 2.24) is 5.32 Å². The van der Waals surface area contributed by atoms with Gasteiger partial charge in [0, 0.05) is 29.8 Å². The van der Waals surface area contributed by atoms with Gasteiger partial charge in [0.2, 0.25) is 6.41 Å². The topological polar surface area (TPSA) is 32.3 Å². The lowest BCUT2D eigenvalue weighted by atomic mass is 10.2. The third-order valence-corrected chi connectivity index (χ3v) is 3.00. The maximum atomic E-state index is 10.2. The number of nitrogens with zero attached hydrogens (tertiary/aromatic N) is 1. The first-order chi connectivity index (χ1) is 7.69. The van der Waals surface area contributed by atoms with Crippen molar-refractivity contribution in [2.75, 3.05) is 24.5 Å². The first kappa shape index (κ1) is 13.0. The molecule has 0 saturated carbocycles. The number of benzene rings is 1. The molecule has 1 rings (SSSR count). The zero-order chi connectivity index (χ0) is 12.0. The van der Waals surface area contributed by atoms with Crippen molar-refractivity contribution < 1.29 is 4.79 Å². The number of carbonyl (C=O) groups is 1. The lowest BCUT2D eigenvalue weighted by Crippen LogP contribution is -2.31. The highest BCUT2D eigenvalue weighted by molar-refractivity contribution is 9.10. The number of anilines is 1. The van der Waals surface area contributed by atoms with Crippen LogP contribution in [0.15, 0.2) is 22.7 Å². The summed E-state index contributed by atoms with van der Waals surface area (Å²) in [5, 5.41) is 2.68. The van der Waals surface area contributed by atoms with Gasteiger partial charge >= 0.3 is 0 Å². The number of nitrogens with one attached hydrogen (secondary N) is 1. The maximum absolute atomic E-state index is 10.2. The Balaban J connectivity index is 2.77. The van der Waals surface area contributed by atoms with E-state index in [1.807, 2.05) is 6.07 Å². The second-order valence-corrected chi connectivity index (χ2v) is 4.50. The summed E-state index contributed by atoms with van der Waals surface area (Å²) in [6.45, 7) is 6.63. The van der Waals surface area contributed by atoms with Gasteiger partial charge in [-0.1, -0.05) is 22.0 Å². The SMILES string of the molecule is CCN(CCNC=O)c1cc(Br)ccc1C. The van der Waals surface area contributed by atoms with E-state index in [9.17, 15) is 4.79 Å². The summed E-state index contributed by atoms with van der Waals surface area (Å²) in [6.07, 6.45) is 0.738. The summed E-state index contributed by atoms with van der Waals surface area (Å²) in [5.41, 5.74) is 2.46. The van der Waals surface area contributed by atoms with Crippen LogP contribution in [0.1, 0.15) is 12.5 Å². The number of amides is 1. The van der Waals surface area contributed by atoms with Gasteiger partial charge in [-0.05, 0) is 31.5 Å². The molecule has 0 aromatic heterocycles. The summed E-state index contributed by atoms with van der Waals surface area (Å²) in [7, 11) is 0. The Morgan fingerprint density at radius 2 is 2.25 bits per heavy atom. The number of hydrogen-bond donors (Lipinski definition) is 1. The molecule has 0 atom stereocenters. The molecule has 0 aliphatic heterocycles. The molecule has 0 aliphatic carbocycles. The van der Waals surface area contributed by atoms with E-state index in [1.165, 1.54) is 11.3 Å². The van der Waals surface area contributed by atoms with Gasteiger partial charge in [-0.3, -0.25) is 4.79 Å². The van der Waals surface area contributed by atoms with Gasteiger partial charge < -0.3 is 10.2 Å². The predicted octanol–water partition coefficient (Wildman–Crippen LogP) is 2.33. The van der Waals surface area contributed by atoms with Crippen LogP contribution < -0.4 is 10.2 Å². The van der Waals surface area contributed by atoms with Crippen LogP contribution in [0.25, 0.3) is 0 Å². The smallest absolute Gasteiger partial charge is 0.207 e. The molecular formula is C12H17BrN2O. The minimum Gasteiger partial charge on any atom is -0.370 e. The van der Waals surface area contributed by atoms with Gasteiger partial charge in [0.25, 0.3) is 0 Å². The molecule has 88 valence electrons. The molecule has 1 amide bonds. The highest BCUT2D eigenvalue weighted by atomic mass is 79.9. The molecule has 0 spiro atoms. The third-order valence-electron chi connectivity index (χ3n) is 2.50. The van der Waals surface area contributed by atoms with Crippen molar-refractivity contribution in [3.8, 4) is 0 Å². The van der Waals surface area contributed by atoms with Gasteiger partial charge in [-0.25, -0.2) is 0 Å². The molecule has 1 aromatic carbocycles. The van der Waals surface area contributed by atoms with E-state index < -0.39 is 0 Å². The zero-order valence-corrected chi connectivity index (χ0v) is 11.3. The Hall–Kier alpha value is -1.03. The molecule has 1 aromatic rings. The minimum absolute atomic E-state index is 0.670. The molecule has 3 nitrogen and oxygen atoms in total. The highest BCUT2D eigenvalue weighted by Gasteiger charge is 2.07. The van der Waals surface area contributed by atoms with Crippen molar-refractivity contribution in [2.45, 2.75) is 13.8 Å². The Morgan fingerprint density at radius 1 is 1.50 bits per heavy atom. The fraction of sp³-hybridized carbons (Fsp3) is 0.417. The van der Waals surface area contributed by atoms with Gasteiger partial charge in [-0.15, -0.1) is 0 Å². The van der Waals surface area contributed by atoms with Crippen LogP contribution >= 0.6 is 15.9 Å². The maximum Gasteiger partial charge on any atom is 0.207 e. The highest BCUT2D eigenvalue weighted by Crippen LogP contribution is 2.24. The molecule has 0 bridgehead atoms. The van der Waals surface area contributed by atoms with Crippen molar-refractivity contribution in [2.24, 2.45) is 0 Å². The van der Waals surface area contributed by atoms with Crippen molar-refractivity contribution in [3.63, 3.8) is 0 Å². The Morgan fingerprint density at radius 3 is 2.88 bits per heavy atom. The van der Waals surface area contributed by atoms with E-state index in [0.29, 0.717) is 6.54 Å². The molecular weight excluding hydrogens is 268 g/mol. The van der Waals surface area contributed by atoms with Gasteiger partial charge in [0.1, 0.15) is 0 Å². The van der Waals surface area contributed by atoms with Crippen molar-refractivity contribution in [1.29, 1.82) is 0 Å². The predicted molar refractivity (Wildman–Crippen MR) is 70.8 cm³/mol. The van der Waals surface area contributed by atoms with E-state index >= 15 is 0 Å². The molecule has 0 unspecified atom stereocenters. The lowest BCUT2D eigenvalue weighted by molar-refractivity contribution is -0.109. The number of rotatable bonds is 6. The van der Waals surface area contributed by atoms with Crippen LogP contribution in [0.5, 0.6) is 0 Å². The second kappa shape index (κ2) is 6.53. The van der Waals surface area contributed by atoms with Crippen LogP contribution in [0.2, 0.25) is 0 Å². The number of likely N-dealkylation sites (N-methyl/N-ethyl adjacent to an activating group) is 1. The summed E-state index contributed by atoms with van der Waals surface area (Å²) in [4.78, 5) is 12.4. The zero-order valence-electron chi connectivity index (χ0n) is 9.66. The summed E-state index contributed by atoms with van der Waals surface area (Å²) >= 11 is 3.48. The number of hydrogen-bond acceptors (Lipinski definition) is 2. The van der Waals surface area contributed by atoms with Crippen LogP contribution in [0.3, 0.4) is 0 Å².